The lowest BCUT2D eigenvalue weighted by Crippen LogP contribution is -2.32. The molecule has 2 heterocycles. The molecule has 0 bridgehead atoms. The molecule has 172 valence electrons. The highest BCUT2D eigenvalue weighted by atomic mass is 15.5. The Bertz CT molecular complexity index is 761. The third-order valence-corrected chi connectivity index (χ3v) is 4.68. The second kappa shape index (κ2) is 8.08. The van der Waals surface area contributed by atoms with E-state index >= 15 is 0 Å². The minimum absolute atomic E-state index is 0.0243. The molecule has 6 heteroatoms. The zero-order valence-corrected chi connectivity index (χ0v) is 22.3. The number of hydrogen-bond donors (Lipinski definition) is 0. The quantitative estimate of drug-likeness (QED) is 0.529. The molecule has 6 nitrogen and oxygen atoms in total. The summed E-state index contributed by atoms with van der Waals surface area (Å²) >= 11 is 0. The first-order valence-electron chi connectivity index (χ1n) is 11.0. The molecule has 2 rings (SSSR count). The minimum Gasteiger partial charge on any atom is -0.247 e. The topological polar surface area (TPSA) is 61.4 Å². The highest BCUT2D eigenvalue weighted by Gasteiger charge is 2.34. The number of aromatic nitrogens is 6. The van der Waals surface area contributed by atoms with Gasteiger partial charge in [-0.2, -0.15) is 0 Å². The first-order valence-corrected chi connectivity index (χ1v) is 11.0. The lowest BCUT2D eigenvalue weighted by atomic mass is 9.81. The molecule has 0 aliphatic rings. The van der Waals surface area contributed by atoms with E-state index in [1.807, 2.05) is 10.9 Å². The molecule has 0 radical (unpaired) electrons. The summed E-state index contributed by atoms with van der Waals surface area (Å²) in [5.41, 5.74) is 3.57. The molecular formula is C24H46N6. The zero-order chi connectivity index (χ0) is 23.9. The molecule has 0 amide bonds. The van der Waals surface area contributed by atoms with Gasteiger partial charge in [0.1, 0.15) is 0 Å². The van der Waals surface area contributed by atoms with Crippen LogP contribution in [0.3, 0.4) is 0 Å². The Kier molecular flexibility index (Phi) is 7.09. The van der Waals surface area contributed by atoms with Crippen LogP contribution in [-0.2, 0) is 27.3 Å². The second-order valence-corrected chi connectivity index (χ2v) is 13.3. The van der Waals surface area contributed by atoms with Crippen LogP contribution >= 0.6 is 0 Å². The van der Waals surface area contributed by atoms with Crippen molar-refractivity contribution in [1.82, 2.24) is 30.0 Å². The Hall–Kier alpha value is -1.72. The van der Waals surface area contributed by atoms with Gasteiger partial charge in [-0.25, -0.2) is 9.36 Å². The van der Waals surface area contributed by atoms with Crippen molar-refractivity contribution < 1.29 is 0 Å². The Morgan fingerprint density at radius 2 is 1.07 bits per heavy atom. The Labute approximate surface area is 184 Å². The summed E-state index contributed by atoms with van der Waals surface area (Å²) < 4.78 is 3.99. The molecule has 0 atom stereocenters. The van der Waals surface area contributed by atoms with Crippen LogP contribution in [0.4, 0.5) is 0 Å². The normalized spacial score (nSPS) is 13.8. The third kappa shape index (κ3) is 6.64. The summed E-state index contributed by atoms with van der Waals surface area (Å²) in [5, 5.41) is 17.1. The van der Waals surface area contributed by atoms with Crippen molar-refractivity contribution in [3.05, 3.63) is 23.3 Å². The summed E-state index contributed by atoms with van der Waals surface area (Å²) in [7, 11) is 0. The van der Waals surface area contributed by atoms with E-state index in [0.29, 0.717) is 0 Å². The molecule has 2 aromatic rings. The second-order valence-electron chi connectivity index (χ2n) is 13.3. The van der Waals surface area contributed by atoms with E-state index in [-0.39, 0.29) is 27.3 Å². The number of rotatable bonds is 0. The fourth-order valence-electron chi connectivity index (χ4n) is 2.86. The van der Waals surface area contributed by atoms with Crippen LogP contribution in [-0.4, -0.2) is 30.0 Å². The standard InChI is InChI=1S/C14H27N3.C10H19N3/c1-12(2,3)10-11(13(4,5)6)17(16-15-10)14(7,8)9;1-9(2,3)8-7-13(12-11-8)10(4,5)6/h1-9H3;7H,1-6H3. The molecule has 0 aliphatic carbocycles. The van der Waals surface area contributed by atoms with Crippen LogP contribution in [0, 0.1) is 0 Å². The summed E-state index contributed by atoms with van der Waals surface area (Å²) in [6.45, 7) is 32.6. The van der Waals surface area contributed by atoms with E-state index in [4.69, 9.17) is 0 Å². The van der Waals surface area contributed by atoms with Crippen LogP contribution in [0.15, 0.2) is 6.20 Å². The van der Waals surface area contributed by atoms with Crippen LogP contribution in [0.25, 0.3) is 0 Å². The highest BCUT2D eigenvalue weighted by Crippen LogP contribution is 2.34. The lowest BCUT2D eigenvalue weighted by molar-refractivity contribution is 0.315. The summed E-state index contributed by atoms with van der Waals surface area (Å²) in [4.78, 5) is 0. The van der Waals surface area contributed by atoms with Crippen LogP contribution in [0.5, 0.6) is 0 Å². The molecule has 0 aliphatic heterocycles. The van der Waals surface area contributed by atoms with Crippen molar-refractivity contribution in [1.29, 1.82) is 0 Å². The van der Waals surface area contributed by atoms with Gasteiger partial charge in [-0.1, -0.05) is 72.7 Å². The summed E-state index contributed by atoms with van der Waals surface area (Å²) in [6, 6.07) is 0. The number of hydrogen-bond acceptors (Lipinski definition) is 4. The Morgan fingerprint density at radius 3 is 1.33 bits per heavy atom. The maximum atomic E-state index is 4.43. The zero-order valence-electron chi connectivity index (χ0n) is 22.3. The van der Waals surface area contributed by atoms with Gasteiger partial charge < -0.3 is 0 Å². The minimum atomic E-state index is -0.0287. The Morgan fingerprint density at radius 1 is 0.567 bits per heavy atom. The van der Waals surface area contributed by atoms with E-state index < -0.39 is 0 Å². The van der Waals surface area contributed by atoms with E-state index in [2.05, 4.69) is 129 Å². The van der Waals surface area contributed by atoms with Crippen molar-refractivity contribution in [2.24, 2.45) is 0 Å². The monoisotopic (exact) mass is 418 g/mol. The Balaban J connectivity index is 0.000000311. The molecule has 0 saturated carbocycles. The molecule has 2 aromatic heterocycles. The van der Waals surface area contributed by atoms with Gasteiger partial charge in [-0.3, -0.25) is 0 Å². The SMILES string of the molecule is CC(C)(C)c1cn(C(C)(C)C)nn1.CC(C)(C)c1nnn(C(C)(C)C)c1C(C)(C)C. The maximum absolute atomic E-state index is 4.43. The van der Waals surface area contributed by atoms with Crippen LogP contribution in [0.1, 0.15) is 121 Å². The molecule has 0 fully saturated rings. The molecule has 0 spiro atoms. The van der Waals surface area contributed by atoms with Gasteiger partial charge in [-0.05, 0) is 41.5 Å². The van der Waals surface area contributed by atoms with Crippen LogP contribution < -0.4 is 0 Å². The van der Waals surface area contributed by atoms with E-state index in [1.54, 1.807) is 0 Å². The predicted octanol–water partition coefficient (Wildman–Crippen LogP) is 5.96. The summed E-state index contributed by atoms with van der Waals surface area (Å²) in [5.74, 6) is 0. The molecule has 0 unspecified atom stereocenters. The lowest BCUT2D eigenvalue weighted by Gasteiger charge is -2.30. The van der Waals surface area contributed by atoms with Gasteiger partial charge in [0.25, 0.3) is 0 Å². The average Bonchev–Trinajstić information content (AvgIpc) is 3.12. The molecule has 0 saturated heterocycles. The number of nitrogens with zero attached hydrogens (tertiary/aromatic N) is 6. The van der Waals surface area contributed by atoms with Gasteiger partial charge in [0.2, 0.25) is 0 Å². The largest absolute Gasteiger partial charge is 0.247 e. The van der Waals surface area contributed by atoms with Gasteiger partial charge >= 0.3 is 0 Å². The average molecular weight is 419 g/mol. The third-order valence-electron chi connectivity index (χ3n) is 4.68. The predicted molar refractivity (Wildman–Crippen MR) is 126 cm³/mol. The highest BCUT2D eigenvalue weighted by molar-refractivity contribution is 5.26. The van der Waals surface area contributed by atoms with Gasteiger partial charge in [0.05, 0.1) is 28.2 Å². The first kappa shape index (κ1) is 26.3. The molecular weight excluding hydrogens is 372 g/mol. The smallest absolute Gasteiger partial charge is 0.0918 e. The van der Waals surface area contributed by atoms with Crippen molar-refractivity contribution in [2.75, 3.05) is 0 Å². The van der Waals surface area contributed by atoms with Crippen LogP contribution in [0.2, 0.25) is 0 Å². The van der Waals surface area contributed by atoms with Crippen molar-refractivity contribution in [3.63, 3.8) is 0 Å². The molecule has 0 aromatic carbocycles. The molecule has 0 N–H and O–H groups in total. The van der Waals surface area contributed by atoms with E-state index in [0.717, 1.165) is 11.4 Å². The maximum Gasteiger partial charge on any atom is 0.0918 e. The van der Waals surface area contributed by atoms with E-state index in [9.17, 15) is 0 Å². The van der Waals surface area contributed by atoms with Crippen molar-refractivity contribution in [3.8, 4) is 0 Å². The fraction of sp³-hybridized carbons (Fsp3) is 0.833. The van der Waals surface area contributed by atoms with Crippen molar-refractivity contribution >= 4 is 0 Å². The first-order chi connectivity index (χ1) is 13.1. The van der Waals surface area contributed by atoms with Crippen molar-refractivity contribution in [2.45, 2.75) is 131 Å². The van der Waals surface area contributed by atoms with Gasteiger partial charge in [0.15, 0.2) is 0 Å². The summed E-state index contributed by atoms with van der Waals surface area (Å²) in [6.07, 6.45) is 2.03. The fourth-order valence-corrected chi connectivity index (χ4v) is 2.86. The van der Waals surface area contributed by atoms with Gasteiger partial charge in [0, 0.05) is 22.4 Å². The molecule has 30 heavy (non-hydrogen) atoms. The van der Waals surface area contributed by atoms with E-state index in [1.165, 1.54) is 5.69 Å². The van der Waals surface area contributed by atoms with Gasteiger partial charge in [-0.15, -0.1) is 10.2 Å².